The maximum Gasteiger partial charge on any atom is 0.129 e. The Hall–Kier alpha value is -0.640. The smallest absolute Gasteiger partial charge is 0.129 e. The van der Waals surface area contributed by atoms with Gasteiger partial charge in [-0.05, 0) is 19.1 Å². The highest BCUT2D eigenvalue weighted by atomic mass is 35.5. The van der Waals surface area contributed by atoms with Crippen molar-refractivity contribution in [1.82, 2.24) is 0 Å². The highest BCUT2D eigenvalue weighted by Gasteiger charge is 2.15. The van der Waals surface area contributed by atoms with Gasteiger partial charge >= 0.3 is 0 Å². The number of hydrogen-bond acceptors (Lipinski definition) is 2. The Labute approximate surface area is 81.1 Å². The fourth-order valence-corrected chi connectivity index (χ4v) is 1.19. The van der Waals surface area contributed by atoms with Crippen LogP contribution in [0.2, 0.25) is 5.02 Å². The van der Waals surface area contributed by atoms with Crippen LogP contribution in [0.1, 0.15) is 18.5 Å². The lowest BCUT2D eigenvalue weighted by Gasteiger charge is -2.15. The molecule has 0 radical (unpaired) electrons. The zero-order valence-electron chi connectivity index (χ0n) is 7.17. The van der Waals surface area contributed by atoms with Crippen LogP contribution in [-0.2, 0) is 0 Å². The standard InChI is InChI=1S/C9H11ClFNO/c1-5(13)9(12)7-3-2-6(10)4-8(7)11/h2-5,9,13H,12H2,1H3/t5-,9+/m0/s1. The van der Waals surface area contributed by atoms with Crippen LogP contribution >= 0.6 is 11.6 Å². The van der Waals surface area contributed by atoms with Gasteiger partial charge in [-0.1, -0.05) is 17.7 Å². The molecule has 0 spiro atoms. The van der Waals surface area contributed by atoms with Crippen LogP contribution in [0.4, 0.5) is 4.39 Å². The Balaban J connectivity index is 3.01. The summed E-state index contributed by atoms with van der Waals surface area (Å²) in [5, 5.41) is 9.46. The van der Waals surface area contributed by atoms with Crippen molar-refractivity contribution in [2.24, 2.45) is 5.73 Å². The zero-order valence-corrected chi connectivity index (χ0v) is 7.92. The lowest BCUT2D eigenvalue weighted by Crippen LogP contribution is -2.24. The quantitative estimate of drug-likeness (QED) is 0.771. The van der Waals surface area contributed by atoms with E-state index in [9.17, 15) is 4.39 Å². The van der Waals surface area contributed by atoms with Crippen LogP contribution in [-0.4, -0.2) is 11.2 Å². The molecular formula is C9H11ClFNO. The van der Waals surface area contributed by atoms with E-state index in [4.69, 9.17) is 22.4 Å². The van der Waals surface area contributed by atoms with Gasteiger partial charge in [-0.25, -0.2) is 4.39 Å². The predicted octanol–water partition coefficient (Wildman–Crippen LogP) is 1.86. The first kappa shape index (κ1) is 10.4. The van der Waals surface area contributed by atoms with Crippen molar-refractivity contribution in [2.75, 3.05) is 0 Å². The molecular weight excluding hydrogens is 193 g/mol. The van der Waals surface area contributed by atoms with Crippen LogP contribution in [0.5, 0.6) is 0 Å². The molecule has 1 rings (SSSR count). The first-order valence-electron chi connectivity index (χ1n) is 3.91. The number of halogens is 2. The monoisotopic (exact) mass is 203 g/mol. The Morgan fingerprint density at radius 2 is 2.15 bits per heavy atom. The third-order valence-corrected chi connectivity index (χ3v) is 2.08. The van der Waals surface area contributed by atoms with E-state index in [0.29, 0.717) is 5.02 Å². The van der Waals surface area contributed by atoms with Gasteiger partial charge in [0.2, 0.25) is 0 Å². The summed E-state index contributed by atoms with van der Waals surface area (Å²) in [5.74, 6) is -0.485. The molecule has 13 heavy (non-hydrogen) atoms. The molecule has 0 saturated carbocycles. The fourth-order valence-electron chi connectivity index (χ4n) is 1.03. The molecule has 1 aromatic carbocycles. The summed E-state index contributed by atoms with van der Waals surface area (Å²) in [6.07, 6.45) is -0.782. The summed E-state index contributed by atoms with van der Waals surface area (Å²) in [6.45, 7) is 1.51. The SMILES string of the molecule is C[C@H](O)[C@@H](N)c1ccc(Cl)cc1F. The summed E-state index contributed by atoms with van der Waals surface area (Å²) < 4.78 is 13.2. The van der Waals surface area contributed by atoms with Gasteiger partial charge in [-0.3, -0.25) is 0 Å². The second-order valence-electron chi connectivity index (χ2n) is 2.93. The summed E-state index contributed by atoms with van der Waals surface area (Å²) in [7, 11) is 0. The van der Waals surface area contributed by atoms with Crippen molar-refractivity contribution >= 4 is 11.6 Å². The van der Waals surface area contributed by atoms with Crippen molar-refractivity contribution in [3.8, 4) is 0 Å². The molecule has 3 N–H and O–H groups in total. The third-order valence-electron chi connectivity index (χ3n) is 1.84. The average molecular weight is 204 g/mol. The van der Waals surface area contributed by atoms with Gasteiger partial charge in [-0.2, -0.15) is 0 Å². The highest BCUT2D eigenvalue weighted by molar-refractivity contribution is 6.30. The zero-order chi connectivity index (χ0) is 10.0. The number of nitrogens with two attached hydrogens (primary N) is 1. The van der Waals surface area contributed by atoms with E-state index in [1.165, 1.54) is 19.1 Å². The first-order chi connectivity index (χ1) is 6.02. The van der Waals surface area contributed by atoms with Gasteiger partial charge in [0.15, 0.2) is 0 Å². The molecule has 0 aromatic heterocycles. The lowest BCUT2D eigenvalue weighted by atomic mass is 10.0. The molecule has 0 saturated heterocycles. The van der Waals surface area contributed by atoms with Gasteiger partial charge in [0, 0.05) is 10.6 Å². The average Bonchev–Trinajstić information content (AvgIpc) is 2.03. The van der Waals surface area contributed by atoms with Gasteiger partial charge in [0.25, 0.3) is 0 Å². The van der Waals surface area contributed by atoms with Crippen molar-refractivity contribution in [3.05, 3.63) is 34.6 Å². The molecule has 72 valence electrons. The van der Waals surface area contributed by atoms with Gasteiger partial charge in [0.1, 0.15) is 5.82 Å². The Bertz CT molecular complexity index is 304. The van der Waals surface area contributed by atoms with E-state index in [1.807, 2.05) is 0 Å². The topological polar surface area (TPSA) is 46.2 Å². The third kappa shape index (κ3) is 2.40. The molecule has 1 aromatic rings. The summed E-state index contributed by atoms with van der Waals surface area (Å²) in [5.41, 5.74) is 5.83. The number of hydrogen-bond donors (Lipinski definition) is 2. The Morgan fingerprint density at radius 3 is 2.62 bits per heavy atom. The maximum absolute atomic E-state index is 13.2. The molecule has 0 aliphatic rings. The first-order valence-corrected chi connectivity index (χ1v) is 4.28. The van der Waals surface area contributed by atoms with E-state index in [1.54, 1.807) is 6.07 Å². The number of benzene rings is 1. The number of aliphatic hydroxyl groups excluding tert-OH is 1. The summed E-state index contributed by atoms with van der Waals surface area (Å²) in [6, 6.07) is 3.49. The Morgan fingerprint density at radius 1 is 1.54 bits per heavy atom. The number of aliphatic hydroxyl groups is 1. The molecule has 0 fully saturated rings. The summed E-state index contributed by atoms with van der Waals surface area (Å²) >= 11 is 5.56. The fraction of sp³-hybridized carbons (Fsp3) is 0.333. The van der Waals surface area contributed by atoms with Crippen molar-refractivity contribution in [1.29, 1.82) is 0 Å². The number of rotatable bonds is 2. The van der Waals surface area contributed by atoms with E-state index in [0.717, 1.165) is 0 Å². The highest BCUT2D eigenvalue weighted by Crippen LogP contribution is 2.21. The molecule has 0 heterocycles. The molecule has 2 nitrogen and oxygen atoms in total. The minimum atomic E-state index is -0.782. The molecule has 2 atom stereocenters. The molecule has 0 aliphatic carbocycles. The molecule has 4 heteroatoms. The molecule has 0 aliphatic heterocycles. The second kappa shape index (κ2) is 4.05. The van der Waals surface area contributed by atoms with Crippen LogP contribution in [0.25, 0.3) is 0 Å². The van der Waals surface area contributed by atoms with Crippen LogP contribution in [0, 0.1) is 5.82 Å². The maximum atomic E-state index is 13.2. The van der Waals surface area contributed by atoms with Crippen molar-refractivity contribution in [3.63, 3.8) is 0 Å². The van der Waals surface area contributed by atoms with E-state index >= 15 is 0 Å². The van der Waals surface area contributed by atoms with Crippen LogP contribution in [0.15, 0.2) is 18.2 Å². The van der Waals surface area contributed by atoms with Crippen molar-refractivity contribution in [2.45, 2.75) is 19.1 Å². The van der Waals surface area contributed by atoms with E-state index in [2.05, 4.69) is 0 Å². The normalized spacial score (nSPS) is 15.5. The van der Waals surface area contributed by atoms with Crippen LogP contribution < -0.4 is 5.73 Å². The largest absolute Gasteiger partial charge is 0.391 e. The summed E-state index contributed by atoms with van der Waals surface area (Å²) in [4.78, 5) is 0. The second-order valence-corrected chi connectivity index (χ2v) is 3.37. The predicted molar refractivity (Wildman–Crippen MR) is 50.0 cm³/mol. The van der Waals surface area contributed by atoms with Gasteiger partial charge in [0.05, 0.1) is 12.1 Å². The van der Waals surface area contributed by atoms with Gasteiger partial charge in [-0.15, -0.1) is 0 Å². The molecule has 0 bridgehead atoms. The molecule has 0 amide bonds. The Kier molecular flexibility index (Phi) is 3.25. The van der Waals surface area contributed by atoms with Gasteiger partial charge < -0.3 is 10.8 Å². The minimum absolute atomic E-state index is 0.277. The van der Waals surface area contributed by atoms with E-state index in [-0.39, 0.29) is 5.56 Å². The van der Waals surface area contributed by atoms with Crippen molar-refractivity contribution < 1.29 is 9.50 Å². The molecule has 0 unspecified atom stereocenters. The van der Waals surface area contributed by atoms with Crippen LogP contribution in [0.3, 0.4) is 0 Å². The minimum Gasteiger partial charge on any atom is -0.391 e. The van der Waals surface area contributed by atoms with E-state index < -0.39 is 18.0 Å². The lowest BCUT2D eigenvalue weighted by molar-refractivity contribution is 0.162.